The molecule has 0 aliphatic carbocycles. The van der Waals surface area contributed by atoms with Crippen LogP contribution in [0.15, 0.2) is 41.5 Å². The first-order valence-electron chi connectivity index (χ1n) is 6.65. The van der Waals surface area contributed by atoms with E-state index in [1.54, 1.807) is 0 Å². The number of amides is 1. The Morgan fingerprint density at radius 2 is 1.68 bits per heavy atom. The van der Waals surface area contributed by atoms with Crippen LogP contribution in [-0.4, -0.2) is 11.6 Å². The number of hydrazone groups is 1. The Morgan fingerprint density at radius 3 is 2.36 bits per heavy atom. The average Bonchev–Trinajstić information content (AvgIpc) is 2.50. The van der Waals surface area contributed by atoms with Gasteiger partial charge in [-0.25, -0.2) is 18.6 Å². The van der Waals surface area contributed by atoms with Crippen LogP contribution in [0.25, 0.3) is 11.1 Å². The third-order valence-electron chi connectivity index (χ3n) is 3.41. The Bertz CT molecular complexity index is 787. The normalized spacial score (nSPS) is 14.5. The number of carbonyl (C=O) groups excluding carboxylic acids is 1. The van der Waals surface area contributed by atoms with E-state index in [0.717, 1.165) is 18.2 Å². The minimum Gasteiger partial charge on any atom is -0.273 e. The lowest BCUT2D eigenvalue weighted by molar-refractivity contribution is -0.121. The van der Waals surface area contributed by atoms with Crippen LogP contribution in [0.2, 0.25) is 0 Å². The summed E-state index contributed by atoms with van der Waals surface area (Å²) in [5.74, 6) is -2.14. The van der Waals surface area contributed by atoms with E-state index in [9.17, 15) is 18.0 Å². The Hall–Kier alpha value is -2.63. The van der Waals surface area contributed by atoms with Crippen molar-refractivity contribution in [3.63, 3.8) is 0 Å². The van der Waals surface area contributed by atoms with Crippen molar-refractivity contribution in [2.45, 2.75) is 12.8 Å². The molecule has 2 aromatic rings. The predicted octanol–water partition coefficient (Wildman–Crippen LogP) is 3.39. The molecule has 0 unspecified atom stereocenters. The van der Waals surface area contributed by atoms with E-state index in [-0.39, 0.29) is 41.2 Å². The van der Waals surface area contributed by atoms with Crippen molar-refractivity contribution in [2.24, 2.45) is 5.10 Å². The molecule has 0 atom stereocenters. The van der Waals surface area contributed by atoms with Gasteiger partial charge in [-0.1, -0.05) is 12.1 Å². The monoisotopic (exact) mass is 304 g/mol. The highest BCUT2D eigenvalue weighted by molar-refractivity contribution is 6.04. The minimum atomic E-state index is -0.679. The van der Waals surface area contributed by atoms with Crippen molar-refractivity contribution >= 4 is 11.6 Å². The Kier molecular flexibility index (Phi) is 3.66. The molecule has 0 spiro atoms. The van der Waals surface area contributed by atoms with Crippen LogP contribution in [0.1, 0.15) is 18.4 Å². The van der Waals surface area contributed by atoms with E-state index >= 15 is 0 Å². The molecule has 0 fully saturated rings. The zero-order chi connectivity index (χ0) is 15.7. The van der Waals surface area contributed by atoms with Gasteiger partial charge in [-0.05, 0) is 29.8 Å². The summed E-state index contributed by atoms with van der Waals surface area (Å²) in [5.41, 5.74) is 2.74. The predicted molar refractivity (Wildman–Crippen MR) is 75.7 cm³/mol. The maximum atomic E-state index is 14.2. The highest BCUT2D eigenvalue weighted by atomic mass is 19.1. The van der Waals surface area contributed by atoms with Crippen LogP contribution in [0, 0.1) is 17.5 Å². The van der Waals surface area contributed by atoms with Gasteiger partial charge in [0.05, 0.1) is 5.71 Å². The molecule has 2 aromatic carbocycles. The topological polar surface area (TPSA) is 41.5 Å². The lowest BCUT2D eigenvalue weighted by atomic mass is 9.98. The van der Waals surface area contributed by atoms with E-state index in [1.165, 1.54) is 18.2 Å². The zero-order valence-corrected chi connectivity index (χ0v) is 11.4. The van der Waals surface area contributed by atoms with Gasteiger partial charge in [0.1, 0.15) is 17.5 Å². The third-order valence-corrected chi connectivity index (χ3v) is 3.41. The molecule has 0 radical (unpaired) electrons. The van der Waals surface area contributed by atoms with Gasteiger partial charge in [0, 0.05) is 24.0 Å². The molecular formula is C16H11F3N2O. The van der Waals surface area contributed by atoms with Crippen molar-refractivity contribution in [2.75, 3.05) is 0 Å². The van der Waals surface area contributed by atoms with Crippen molar-refractivity contribution in [1.82, 2.24) is 5.43 Å². The molecule has 3 nitrogen and oxygen atoms in total. The fourth-order valence-electron chi connectivity index (χ4n) is 2.31. The Balaban J connectivity index is 2.03. The summed E-state index contributed by atoms with van der Waals surface area (Å²) < 4.78 is 41.7. The number of benzene rings is 2. The molecule has 1 aliphatic rings. The fraction of sp³-hybridized carbons (Fsp3) is 0.125. The zero-order valence-electron chi connectivity index (χ0n) is 11.4. The molecule has 1 amide bonds. The van der Waals surface area contributed by atoms with Crippen molar-refractivity contribution in [3.05, 3.63) is 59.4 Å². The van der Waals surface area contributed by atoms with Gasteiger partial charge in [-0.15, -0.1) is 0 Å². The highest BCUT2D eigenvalue weighted by Gasteiger charge is 2.19. The third kappa shape index (κ3) is 2.72. The van der Waals surface area contributed by atoms with Gasteiger partial charge in [-0.2, -0.15) is 5.10 Å². The summed E-state index contributed by atoms with van der Waals surface area (Å²) in [6.07, 6.45) is 0.410. The van der Waals surface area contributed by atoms with Gasteiger partial charge in [0.2, 0.25) is 5.91 Å². The van der Waals surface area contributed by atoms with Crippen LogP contribution in [-0.2, 0) is 4.79 Å². The maximum Gasteiger partial charge on any atom is 0.240 e. The molecule has 6 heteroatoms. The summed E-state index contributed by atoms with van der Waals surface area (Å²) >= 11 is 0. The molecule has 1 heterocycles. The van der Waals surface area contributed by atoms with Crippen molar-refractivity contribution in [3.8, 4) is 11.1 Å². The molecule has 0 aromatic heterocycles. The number of halogens is 3. The first-order valence-corrected chi connectivity index (χ1v) is 6.65. The fourth-order valence-corrected chi connectivity index (χ4v) is 2.31. The minimum absolute atomic E-state index is 0.00217. The maximum absolute atomic E-state index is 14.2. The second-order valence-corrected chi connectivity index (χ2v) is 4.92. The van der Waals surface area contributed by atoms with Gasteiger partial charge in [0.25, 0.3) is 0 Å². The second kappa shape index (κ2) is 5.63. The number of hydrogen-bond donors (Lipinski definition) is 1. The summed E-state index contributed by atoms with van der Waals surface area (Å²) in [7, 11) is 0. The molecule has 0 saturated heterocycles. The lowest BCUT2D eigenvalue weighted by Gasteiger charge is -2.14. The summed E-state index contributed by atoms with van der Waals surface area (Å²) in [6.45, 7) is 0. The lowest BCUT2D eigenvalue weighted by Crippen LogP contribution is -2.26. The van der Waals surface area contributed by atoms with Crippen LogP contribution in [0.3, 0.4) is 0 Å². The van der Waals surface area contributed by atoms with E-state index in [2.05, 4.69) is 10.5 Å². The second-order valence-electron chi connectivity index (χ2n) is 4.92. The first-order chi connectivity index (χ1) is 10.5. The first kappa shape index (κ1) is 14.3. The Labute approximate surface area is 124 Å². The van der Waals surface area contributed by atoms with E-state index < -0.39 is 17.5 Å². The van der Waals surface area contributed by atoms with Crippen molar-refractivity contribution < 1.29 is 18.0 Å². The van der Waals surface area contributed by atoms with Gasteiger partial charge in [0.15, 0.2) is 0 Å². The summed E-state index contributed by atoms with van der Waals surface area (Å²) in [4.78, 5) is 11.0. The Morgan fingerprint density at radius 1 is 0.955 bits per heavy atom. The number of hydrogen-bond acceptors (Lipinski definition) is 2. The summed E-state index contributed by atoms with van der Waals surface area (Å²) in [5, 5.41) is 3.75. The largest absolute Gasteiger partial charge is 0.273 e. The number of carbonyl (C=O) groups is 1. The van der Waals surface area contributed by atoms with Gasteiger partial charge < -0.3 is 0 Å². The molecule has 0 saturated carbocycles. The van der Waals surface area contributed by atoms with Crippen LogP contribution >= 0.6 is 0 Å². The van der Waals surface area contributed by atoms with Crippen LogP contribution < -0.4 is 5.43 Å². The van der Waals surface area contributed by atoms with Gasteiger partial charge >= 0.3 is 0 Å². The SMILES string of the molecule is O=C1CCC(c2cc(F)c(-c3cccc(F)c3)cc2F)=NN1. The molecule has 112 valence electrons. The quantitative estimate of drug-likeness (QED) is 0.908. The molecule has 22 heavy (non-hydrogen) atoms. The molecule has 1 N–H and O–H groups in total. The smallest absolute Gasteiger partial charge is 0.240 e. The number of nitrogens with zero attached hydrogens (tertiary/aromatic N) is 1. The average molecular weight is 304 g/mol. The molecule has 0 bridgehead atoms. The van der Waals surface area contributed by atoms with Crippen LogP contribution in [0.5, 0.6) is 0 Å². The van der Waals surface area contributed by atoms with E-state index in [1.807, 2.05) is 0 Å². The van der Waals surface area contributed by atoms with Crippen molar-refractivity contribution in [1.29, 1.82) is 0 Å². The van der Waals surface area contributed by atoms with E-state index in [0.29, 0.717) is 0 Å². The number of nitrogens with one attached hydrogen (secondary N) is 1. The van der Waals surface area contributed by atoms with Crippen LogP contribution in [0.4, 0.5) is 13.2 Å². The highest BCUT2D eigenvalue weighted by Crippen LogP contribution is 2.27. The molecule has 1 aliphatic heterocycles. The number of rotatable bonds is 2. The molecule has 3 rings (SSSR count). The van der Waals surface area contributed by atoms with Gasteiger partial charge in [-0.3, -0.25) is 4.79 Å². The van der Waals surface area contributed by atoms with E-state index in [4.69, 9.17) is 0 Å². The standard InChI is InChI=1S/C16H11F3N2O/c17-10-3-1-2-9(6-10)11-7-14(19)12(8-13(11)18)15-4-5-16(22)21-20-15/h1-3,6-8H,4-5H2,(H,21,22). The summed E-state index contributed by atoms with van der Waals surface area (Å²) in [6, 6.07) is 7.32. The molecular weight excluding hydrogens is 293 g/mol.